The maximum Gasteiger partial charge on any atom is 0.227 e. The van der Waals surface area contributed by atoms with E-state index in [0.717, 1.165) is 56.0 Å². The number of rotatable bonds is 6. The van der Waals surface area contributed by atoms with Gasteiger partial charge in [-0.1, -0.05) is 48.6 Å². The van der Waals surface area contributed by atoms with Gasteiger partial charge < -0.3 is 10.2 Å². The summed E-state index contributed by atoms with van der Waals surface area (Å²) >= 11 is 0. The van der Waals surface area contributed by atoms with Gasteiger partial charge in [0.05, 0.1) is 11.3 Å². The van der Waals surface area contributed by atoms with Crippen LogP contribution in [0, 0.1) is 11.3 Å². The van der Waals surface area contributed by atoms with Crippen molar-refractivity contribution >= 4 is 17.5 Å². The average Bonchev–Trinajstić information content (AvgIpc) is 3.54. The number of aromatic nitrogens is 3. The molecular formula is C30H27N7. The van der Waals surface area contributed by atoms with Gasteiger partial charge in [-0.2, -0.15) is 5.26 Å². The Morgan fingerprint density at radius 2 is 1.84 bits per heavy atom. The minimum atomic E-state index is 0.509. The van der Waals surface area contributed by atoms with Crippen LogP contribution >= 0.6 is 0 Å². The number of hydrogen-bond donors (Lipinski definition) is 1. The Hall–Kier alpha value is -4.54. The Kier molecular flexibility index (Phi) is 6.09. The number of hydrogen-bond acceptors (Lipinski definition) is 7. The van der Waals surface area contributed by atoms with Gasteiger partial charge in [-0.25, -0.2) is 15.0 Å². The minimum absolute atomic E-state index is 0.509. The van der Waals surface area contributed by atoms with E-state index >= 15 is 0 Å². The molecule has 0 atom stereocenters. The summed E-state index contributed by atoms with van der Waals surface area (Å²) in [7, 11) is 0. The predicted molar refractivity (Wildman–Crippen MR) is 145 cm³/mol. The standard InChI is InChI=1S/C30H27N7/c1-21-10-12-37(17-21)29-24(15-31)13-25(16-33-29)28-9-11-32-30(35-28)34-27-8-7-23-19-36(20-26(23)14-27)18-22-5-3-2-4-6-22/h2-9,11,13-14,16H,1,10,12,17-20H2,(H,32,34,35). The molecule has 2 aromatic heterocycles. The van der Waals surface area contributed by atoms with Crippen molar-refractivity contribution in [1.29, 1.82) is 5.26 Å². The van der Waals surface area contributed by atoms with Crippen molar-refractivity contribution in [2.24, 2.45) is 0 Å². The van der Waals surface area contributed by atoms with Crippen LogP contribution in [-0.2, 0) is 19.6 Å². The first-order chi connectivity index (χ1) is 18.1. The van der Waals surface area contributed by atoms with E-state index in [0.29, 0.717) is 23.0 Å². The zero-order valence-electron chi connectivity index (χ0n) is 20.6. The Morgan fingerprint density at radius 1 is 0.973 bits per heavy atom. The topological polar surface area (TPSA) is 81.0 Å². The number of anilines is 3. The summed E-state index contributed by atoms with van der Waals surface area (Å²) in [6, 6.07) is 23.0. The highest BCUT2D eigenvalue weighted by molar-refractivity contribution is 5.67. The largest absolute Gasteiger partial charge is 0.351 e. The molecule has 0 radical (unpaired) electrons. The van der Waals surface area contributed by atoms with Crippen LogP contribution in [-0.4, -0.2) is 32.9 Å². The normalized spacial score (nSPS) is 15.0. The molecule has 0 amide bonds. The summed E-state index contributed by atoms with van der Waals surface area (Å²) < 4.78 is 0. The quantitative estimate of drug-likeness (QED) is 0.365. The molecule has 7 nitrogen and oxygen atoms in total. The molecule has 0 bridgehead atoms. The van der Waals surface area contributed by atoms with Crippen LogP contribution in [0.4, 0.5) is 17.5 Å². The van der Waals surface area contributed by atoms with Gasteiger partial charge in [-0.05, 0) is 47.4 Å². The molecule has 6 rings (SSSR count). The van der Waals surface area contributed by atoms with Gasteiger partial charge in [0.2, 0.25) is 5.95 Å². The Labute approximate surface area is 216 Å². The van der Waals surface area contributed by atoms with Crippen molar-refractivity contribution in [3.05, 3.63) is 107 Å². The third kappa shape index (κ3) is 4.92. The molecule has 1 fully saturated rings. The van der Waals surface area contributed by atoms with Crippen LogP contribution < -0.4 is 10.2 Å². The molecule has 37 heavy (non-hydrogen) atoms. The van der Waals surface area contributed by atoms with Crippen LogP contribution in [0.15, 0.2) is 85.2 Å². The lowest BCUT2D eigenvalue weighted by molar-refractivity contribution is 0.275. The number of nitriles is 1. The first kappa shape index (κ1) is 22.9. The Bertz CT molecular complexity index is 1510. The smallest absolute Gasteiger partial charge is 0.227 e. The van der Waals surface area contributed by atoms with Gasteiger partial charge in [0, 0.05) is 56.4 Å². The number of nitrogens with zero attached hydrogens (tertiary/aromatic N) is 6. The molecule has 1 N–H and O–H groups in total. The molecule has 0 spiro atoms. The first-order valence-corrected chi connectivity index (χ1v) is 12.4. The molecule has 4 aromatic rings. The third-order valence-electron chi connectivity index (χ3n) is 6.89. The minimum Gasteiger partial charge on any atom is -0.351 e. The fraction of sp³-hybridized carbons (Fsp3) is 0.200. The molecule has 182 valence electrons. The molecule has 7 heteroatoms. The summed E-state index contributed by atoms with van der Waals surface area (Å²) in [5.74, 6) is 1.21. The zero-order valence-corrected chi connectivity index (χ0v) is 20.6. The number of pyridine rings is 1. The average molecular weight is 486 g/mol. The van der Waals surface area contributed by atoms with Crippen LogP contribution in [0.3, 0.4) is 0 Å². The van der Waals surface area contributed by atoms with Gasteiger partial charge in [-0.3, -0.25) is 4.90 Å². The monoisotopic (exact) mass is 485 g/mol. The zero-order chi connectivity index (χ0) is 25.2. The highest BCUT2D eigenvalue weighted by atomic mass is 15.2. The summed E-state index contributed by atoms with van der Waals surface area (Å²) in [6.45, 7) is 8.44. The number of fused-ring (bicyclic) bond motifs is 1. The molecular weight excluding hydrogens is 458 g/mol. The third-order valence-corrected chi connectivity index (χ3v) is 6.89. The van der Waals surface area contributed by atoms with Gasteiger partial charge in [0.15, 0.2) is 0 Å². The van der Waals surface area contributed by atoms with E-state index in [2.05, 4.69) is 86.3 Å². The van der Waals surface area contributed by atoms with Crippen molar-refractivity contribution in [1.82, 2.24) is 19.9 Å². The second kappa shape index (κ2) is 9.84. The van der Waals surface area contributed by atoms with E-state index < -0.39 is 0 Å². The lowest BCUT2D eigenvalue weighted by Gasteiger charge is -2.17. The lowest BCUT2D eigenvalue weighted by Crippen LogP contribution is -2.20. The van der Waals surface area contributed by atoms with Crippen LogP contribution in [0.1, 0.15) is 28.7 Å². The lowest BCUT2D eigenvalue weighted by atomic mass is 10.1. The Balaban J connectivity index is 1.17. The molecule has 2 aliphatic heterocycles. The summed E-state index contributed by atoms with van der Waals surface area (Å²) in [6.07, 6.45) is 4.44. The van der Waals surface area contributed by atoms with E-state index in [1.165, 1.54) is 16.7 Å². The van der Waals surface area contributed by atoms with Gasteiger partial charge in [-0.15, -0.1) is 0 Å². The fourth-order valence-corrected chi connectivity index (χ4v) is 5.04. The molecule has 2 aliphatic rings. The molecule has 0 unspecified atom stereocenters. The molecule has 0 saturated carbocycles. The summed E-state index contributed by atoms with van der Waals surface area (Å²) in [4.78, 5) is 18.3. The maximum atomic E-state index is 9.76. The summed E-state index contributed by atoms with van der Waals surface area (Å²) in [5.41, 5.74) is 8.16. The van der Waals surface area contributed by atoms with Crippen molar-refractivity contribution in [3.8, 4) is 17.3 Å². The van der Waals surface area contributed by atoms with Crippen molar-refractivity contribution in [2.75, 3.05) is 23.3 Å². The highest BCUT2D eigenvalue weighted by Crippen LogP contribution is 2.30. The highest BCUT2D eigenvalue weighted by Gasteiger charge is 2.21. The van der Waals surface area contributed by atoms with E-state index in [1.807, 2.05) is 12.1 Å². The van der Waals surface area contributed by atoms with Crippen molar-refractivity contribution in [3.63, 3.8) is 0 Å². The van der Waals surface area contributed by atoms with E-state index in [1.54, 1.807) is 12.4 Å². The van der Waals surface area contributed by atoms with Crippen LogP contribution in [0.5, 0.6) is 0 Å². The second-order valence-electron chi connectivity index (χ2n) is 9.63. The molecule has 1 saturated heterocycles. The van der Waals surface area contributed by atoms with Crippen molar-refractivity contribution < 1.29 is 0 Å². The second-order valence-corrected chi connectivity index (χ2v) is 9.63. The Morgan fingerprint density at radius 3 is 2.65 bits per heavy atom. The van der Waals surface area contributed by atoms with E-state index in [4.69, 9.17) is 4.98 Å². The van der Waals surface area contributed by atoms with Gasteiger partial charge >= 0.3 is 0 Å². The van der Waals surface area contributed by atoms with E-state index in [-0.39, 0.29) is 0 Å². The van der Waals surface area contributed by atoms with Gasteiger partial charge in [0.25, 0.3) is 0 Å². The summed E-state index contributed by atoms with van der Waals surface area (Å²) in [5, 5.41) is 13.1. The molecule has 4 heterocycles. The molecule has 0 aliphatic carbocycles. The van der Waals surface area contributed by atoms with Crippen LogP contribution in [0.25, 0.3) is 11.3 Å². The predicted octanol–water partition coefficient (Wildman–Crippen LogP) is 5.44. The SMILES string of the molecule is C=C1CCN(c2ncc(-c3ccnc(Nc4ccc5c(c4)CN(Cc4ccccc4)C5)n3)cc2C#N)C1. The first-order valence-electron chi connectivity index (χ1n) is 12.4. The number of benzene rings is 2. The van der Waals surface area contributed by atoms with Crippen molar-refractivity contribution in [2.45, 2.75) is 26.1 Å². The number of nitrogens with one attached hydrogen (secondary N) is 1. The molecule has 2 aromatic carbocycles. The van der Waals surface area contributed by atoms with E-state index in [9.17, 15) is 5.26 Å². The maximum absolute atomic E-state index is 9.76. The fourth-order valence-electron chi connectivity index (χ4n) is 5.04. The van der Waals surface area contributed by atoms with Gasteiger partial charge in [0.1, 0.15) is 11.9 Å². The van der Waals surface area contributed by atoms with Crippen LogP contribution in [0.2, 0.25) is 0 Å².